The molecule has 1 aliphatic carbocycles. The second kappa shape index (κ2) is 5.13. The number of nitrogens with zero attached hydrogens (tertiary/aromatic N) is 2. The lowest BCUT2D eigenvalue weighted by Gasteiger charge is -2.16. The van der Waals surface area contributed by atoms with Crippen molar-refractivity contribution in [2.24, 2.45) is 11.8 Å². The Balaban J connectivity index is 1.72. The third kappa shape index (κ3) is 2.40. The van der Waals surface area contributed by atoms with Crippen molar-refractivity contribution >= 4 is 33.3 Å². The molecule has 0 amide bonds. The van der Waals surface area contributed by atoms with E-state index in [-0.39, 0.29) is 11.8 Å². The van der Waals surface area contributed by atoms with Crippen LogP contribution in [0.3, 0.4) is 0 Å². The number of anilines is 1. The topological polar surface area (TPSA) is 75.1 Å². The lowest BCUT2D eigenvalue weighted by atomic mass is 9.96. The summed E-state index contributed by atoms with van der Waals surface area (Å²) in [6.45, 7) is 0.666. The fourth-order valence-corrected chi connectivity index (χ4v) is 3.50. The molecule has 1 aliphatic rings. The number of carboxylic acids is 1. The van der Waals surface area contributed by atoms with Crippen molar-refractivity contribution < 1.29 is 9.90 Å². The Morgan fingerprint density at radius 1 is 1.47 bits per heavy atom. The number of hydrogen-bond donors (Lipinski definition) is 2. The van der Waals surface area contributed by atoms with Gasteiger partial charge in [-0.2, -0.15) is 0 Å². The van der Waals surface area contributed by atoms with E-state index >= 15 is 0 Å². The normalized spacial score (nSPS) is 22.7. The minimum Gasteiger partial charge on any atom is -0.481 e. The van der Waals surface area contributed by atoms with Crippen molar-refractivity contribution in [1.82, 2.24) is 9.97 Å². The second-order valence-corrected chi connectivity index (χ2v) is 5.77. The third-order valence-electron chi connectivity index (χ3n) is 3.77. The Morgan fingerprint density at radius 3 is 3.21 bits per heavy atom. The Hall–Kier alpha value is -1.69. The largest absolute Gasteiger partial charge is 0.481 e. The fourth-order valence-electron chi connectivity index (χ4n) is 2.76. The van der Waals surface area contributed by atoms with Crippen LogP contribution in [0.15, 0.2) is 17.8 Å². The summed E-state index contributed by atoms with van der Waals surface area (Å²) in [7, 11) is 0. The zero-order valence-corrected chi connectivity index (χ0v) is 11.2. The molecule has 2 atom stereocenters. The molecule has 19 heavy (non-hydrogen) atoms. The second-order valence-electron chi connectivity index (χ2n) is 4.88. The number of aromatic nitrogens is 2. The Morgan fingerprint density at radius 2 is 2.37 bits per heavy atom. The van der Waals surface area contributed by atoms with Crippen molar-refractivity contribution in [3.8, 4) is 0 Å². The van der Waals surface area contributed by atoms with Crippen molar-refractivity contribution in [2.45, 2.75) is 19.3 Å². The van der Waals surface area contributed by atoms with E-state index in [2.05, 4.69) is 15.3 Å². The zero-order valence-electron chi connectivity index (χ0n) is 10.4. The van der Waals surface area contributed by atoms with Gasteiger partial charge < -0.3 is 10.4 Å². The Labute approximate surface area is 114 Å². The van der Waals surface area contributed by atoms with Crippen molar-refractivity contribution in [2.75, 3.05) is 11.9 Å². The highest BCUT2D eigenvalue weighted by Gasteiger charge is 2.32. The minimum absolute atomic E-state index is 0.196. The molecule has 2 unspecified atom stereocenters. The van der Waals surface area contributed by atoms with Crippen LogP contribution in [0.1, 0.15) is 19.3 Å². The average molecular weight is 277 g/mol. The van der Waals surface area contributed by atoms with Crippen LogP contribution in [-0.2, 0) is 4.79 Å². The molecule has 3 rings (SSSR count). The predicted octanol–water partition coefficient (Wildman–Crippen LogP) is 2.60. The lowest BCUT2D eigenvalue weighted by molar-refractivity contribution is -0.142. The number of carboxylic acid groups (broad SMARTS) is 1. The van der Waals surface area contributed by atoms with Gasteiger partial charge in [0.25, 0.3) is 0 Å². The van der Waals surface area contributed by atoms with E-state index in [0.29, 0.717) is 6.54 Å². The molecule has 2 heterocycles. The number of carbonyl (C=O) groups is 1. The summed E-state index contributed by atoms with van der Waals surface area (Å²) >= 11 is 1.58. The molecule has 6 heteroatoms. The summed E-state index contributed by atoms with van der Waals surface area (Å²) in [5, 5.41) is 15.5. The van der Waals surface area contributed by atoms with Gasteiger partial charge in [-0.25, -0.2) is 9.97 Å². The molecule has 0 bridgehead atoms. The summed E-state index contributed by atoms with van der Waals surface area (Å²) in [6, 6.07) is 1.99. The quantitative estimate of drug-likeness (QED) is 0.898. The molecule has 0 spiro atoms. The smallest absolute Gasteiger partial charge is 0.306 e. The summed E-state index contributed by atoms with van der Waals surface area (Å²) in [5.74, 6) is 0.114. The van der Waals surface area contributed by atoms with Crippen LogP contribution in [-0.4, -0.2) is 27.6 Å². The maximum absolute atomic E-state index is 11.1. The van der Waals surface area contributed by atoms with Gasteiger partial charge in [-0.15, -0.1) is 11.3 Å². The van der Waals surface area contributed by atoms with Gasteiger partial charge in [0.15, 0.2) is 0 Å². The highest BCUT2D eigenvalue weighted by Crippen LogP contribution is 2.32. The number of rotatable bonds is 4. The first-order valence-corrected chi connectivity index (χ1v) is 7.28. The molecule has 2 aromatic rings. The molecule has 0 aliphatic heterocycles. The van der Waals surface area contributed by atoms with Gasteiger partial charge in [0.2, 0.25) is 0 Å². The van der Waals surface area contributed by atoms with Crippen LogP contribution in [0, 0.1) is 11.8 Å². The molecular formula is C13H15N3O2S. The van der Waals surface area contributed by atoms with Crippen molar-refractivity contribution in [3.63, 3.8) is 0 Å². The zero-order chi connectivity index (χ0) is 13.2. The minimum atomic E-state index is -0.673. The molecule has 1 fully saturated rings. The first kappa shape index (κ1) is 12.3. The van der Waals surface area contributed by atoms with E-state index in [9.17, 15) is 4.79 Å². The van der Waals surface area contributed by atoms with Crippen molar-refractivity contribution in [1.29, 1.82) is 0 Å². The molecule has 0 saturated heterocycles. The first-order valence-electron chi connectivity index (χ1n) is 6.40. The van der Waals surface area contributed by atoms with E-state index in [1.54, 1.807) is 17.7 Å². The average Bonchev–Trinajstić information content (AvgIpc) is 3.04. The van der Waals surface area contributed by atoms with E-state index in [0.717, 1.165) is 35.3 Å². The lowest BCUT2D eigenvalue weighted by Crippen LogP contribution is -2.24. The summed E-state index contributed by atoms with van der Waals surface area (Å²) in [4.78, 5) is 20.5. The van der Waals surface area contributed by atoms with Crippen LogP contribution in [0.5, 0.6) is 0 Å². The SMILES string of the molecule is O=C(O)C1CCCC1CNc1ncnc2sccc12. The van der Waals surface area contributed by atoms with Gasteiger partial charge in [-0.1, -0.05) is 6.42 Å². The van der Waals surface area contributed by atoms with Crippen LogP contribution in [0.4, 0.5) is 5.82 Å². The van der Waals surface area contributed by atoms with E-state index in [4.69, 9.17) is 5.11 Å². The molecule has 1 saturated carbocycles. The number of hydrogen-bond acceptors (Lipinski definition) is 5. The number of fused-ring (bicyclic) bond motifs is 1. The maximum Gasteiger partial charge on any atom is 0.306 e. The molecule has 2 aromatic heterocycles. The van der Waals surface area contributed by atoms with Crippen LogP contribution in [0.2, 0.25) is 0 Å². The van der Waals surface area contributed by atoms with Crippen LogP contribution >= 0.6 is 11.3 Å². The maximum atomic E-state index is 11.1. The molecule has 100 valence electrons. The Kier molecular flexibility index (Phi) is 3.33. The van der Waals surface area contributed by atoms with Crippen LogP contribution in [0.25, 0.3) is 10.2 Å². The highest BCUT2D eigenvalue weighted by atomic mass is 32.1. The Bertz CT molecular complexity index is 598. The summed E-state index contributed by atoms with van der Waals surface area (Å²) < 4.78 is 0. The monoisotopic (exact) mass is 277 g/mol. The number of nitrogens with one attached hydrogen (secondary N) is 1. The molecule has 2 N–H and O–H groups in total. The van der Waals surface area contributed by atoms with E-state index < -0.39 is 5.97 Å². The van der Waals surface area contributed by atoms with E-state index in [1.807, 2.05) is 11.4 Å². The summed E-state index contributed by atoms with van der Waals surface area (Å²) in [6.07, 6.45) is 4.31. The number of thiophene rings is 1. The highest BCUT2D eigenvalue weighted by molar-refractivity contribution is 7.16. The van der Waals surface area contributed by atoms with E-state index in [1.165, 1.54) is 0 Å². The van der Waals surface area contributed by atoms with Gasteiger partial charge in [0.05, 0.1) is 11.3 Å². The number of aliphatic carboxylic acids is 1. The predicted molar refractivity (Wildman–Crippen MR) is 74.4 cm³/mol. The van der Waals surface area contributed by atoms with Crippen LogP contribution < -0.4 is 5.32 Å². The first-order chi connectivity index (χ1) is 9.25. The van der Waals surface area contributed by atoms with Gasteiger partial charge in [-0.3, -0.25) is 4.79 Å². The molecule has 5 nitrogen and oxygen atoms in total. The van der Waals surface area contributed by atoms with Gasteiger partial charge in [0, 0.05) is 6.54 Å². The van der Waals surface area contributed by atoms with Crippen molar-refractivity contribution in [3.05, 3.63) is 17.8 Å². The molecule has 0 radical (unpaired) electrons. The standard InChI is InChI=1S/C13H15N3O2S/c17-13(18)9-3-1-2-8(9)6-14-11-10-4-5-19-12(10)16-7-15-11/h4-5,7-9H,1-3,6H2,(H,17,18)(H,14,15,16). The van der Waals surface area contributed by atoms with Gasteiger partial charge in [-0.05, 0) is 30.2 Å². The fraction of sp³-hybridized carbons (Fsp3) is 0.462. The van der Waals surface area contributed by atoms with Gasteiger partial charge >= 0.3 is 5.97 Å². The van der Waals surface area contributed by atoms with Gasteiger partial charge in [0.1, 0.15) is 17.0 Å². The molecule has 0 aromatic carbocycles. The third-order valence-corrected chi connectivity index (χ3v) is 4.59. The molecular weight excluding hydrogens is 262 g/mol. The summed E-state index contributed by atoms with van der Waals surface area (Å²) in [5.41, 5.74) is 0.